The number of piperidine rings is 5. The second kappa shape index (κ2) is 47.5. The zero-order valence-electron chi connectivity index (χ0n) is 87.7. The lowest BCUT2D eigenvalue weighted by molar-refractivity contribution is -0.0271. The van der Waals surface area contributed by atoms with E-state index in [1.54, 1.807) is 76.0 Å². The second-order valence-corrected chi connectivity index (χ2v) is 47.7. The smallest absolute Gasteiger partial charge is 0.410 e. The van der Waals surface area contributed by atoms with Crippen molar-refractivity contribution in [2.24, 2.45) is 56.7 Å². The maximum atomic E-state index is 14.9. The summed E-state index contributed by atoms with van der Waals surface area (Å²) in [6, 6.07) is 32.5. The number of likely N-dealkylation sites (tertiary alicyclic amines) is 5. The number of amides is 9. The number of nitrogens with zero attached hydrogens (tertiary/aromatic N) is 10. The SMILES string of the molecule is CC(C)(C)OC(=O)N1CCC(C(C)(C)[C@@H](O)c2c(F)c(Cl)cc3cn[nH]c23)CC1.CC(C)(C)OC(=O)N1CCC(C(C)(C)[C@H](O)c2c(F)c(Cl)cc3cn[nH]c23)CC1.CC(C)(C1CCN(C(=O)NC(=O)c2ccccc2)CC1)C(O)c1cc(Cl)cc2cn[nH]c12.CC(C)(C1CCN(C(=O)NC2CCC2)CC1)C(O)c1cc(Cl)cc2cn[nH]c12.CC(C)(C1CCN(C(=O)NCc2ccccc2)CC1)C(O)c1cc(Cl)cc2cn[nH]c12. The first-order valence-electron chi connectivity index (χ1n) is 51.5. The van der Waals surface area contributed by atoms with Gasteiger partial charge in [-0.25, -0.2) is 32.8 Å². The Hall–Kier alpha value is -11.0. The maximum Gasteiger partial charge on any atom is 0.410 e. The molecule has 1 aliphatic carbocycles. The molecule has 6 aliphatic rings. The number of hydrogen-bond acceptors (Lipinski definition) is 18. The lowest BCUT2D eigenvalue weighted by Crippen LogP contribution is -2.51. The summed E-state index contributed by atoms with van der Waals surface area (Å²) in [6.45, 7) is 37.7. The third-order valence-electron chi connectivity index (χ3n) is 31.8. The number of aliphatic hydroxyl groups is 5. The van der Waals surface area contributed by atoms with E-state index in [0.29, 0.717) is 139 Å². The molecule has 38 heteroatoms. The number of benzene rings is 7. The molecule has 804 valence electrons. The number of nitrogens with one attached hydrogen (secondary N) is 8. The topological polar surface area (TPSA) is 418 Å². The Balaban J connectivity index is 0.000000147. The highest BCUT2D eigenvalue weighted by Gasteiger charge is 2.48. The first kappa shape index (κ1) is 114. The number of aromatic amines is 5. The van der Waals surface area contributed by atoms with Gasteiger partial charge in [0.2, 0.25) is 0 Å². The molecule has 5 saturated heterocycles. The van der Waals surface area contributed by atoms with Crippen LogP contribution in [0.5, 0.6) is 0 Å². The number of hydrogen-bond donors (Lipinski definition) is 13. The van der Waals surface area contributed by atoms with Crippen molar-refractivity contribution in [2.75, 3.05) is 65.4 Å². The highest BCUT2D eigenvalue weighted by atomic mass is 35.5. The van der Waals surface area contributed by atoms with Gasteiger partial charge in [-0.1, -0.05) is 176 Å². The largest absolute Gasteiger partial charge is 0.444 e. The van der Waals surface area contributed by atoms with Crippen LogP contribution in [0, 0.1) is 68.3 Å². The summed E-state index contributed by atoms with van der Waals surface area (Å²) in [5, 5.41) is 105. The molecule has 0 bridgehead atoms. The fourth-order valence-corrected chi connectivity index (χ4v) is 22.9. The molecule has 6 fully saturated rings. The summed E-state index contributed by atoms with van der Waals surface area (Å²) in [7, 11) is 0. The van der Waals surface area contributed by atoms with Crippen molar-refractivity contribution in [2.45, 2.75) is 249 Å². The van der Waals surface area contributed by atoms with Gasteiger partial charge < -0.3 is 70.1 Å². The number of aromatic nitrogens is 10. The van der Waals surface area contributed by atoms with E-state index >= 15 is 0 Å². The Morgan fingerprint density at radius 2 is 0.651 bits per heavy atom. The molecule has 12 aromatic rings. The van der Waals surface area contributed by atoms with Gasteiger partial charge in [0.05, 0.1) is 99.1 Å². The molecule has 0 radical (unpaired) electrons. The number of urea groups is 3. The summed E-state index contributed by atoms with van der Waals surface area (Å²) in [4.78, 5) is 83.3. The standard InChI is InChI=1S/C24H27ClN4O3.C24H29ClN4O2.2C21H29ClFN3O3.C21H29ClN4O2/c1-24(2,21(30)19-13-18(25)12-16-14-26-28-20(16)19)17-8-10-29(11-9-17)23(32)27-22(31)15-6-4-3-5-7-15;1-24(2,22(30)20-13-19(25)12-17-15-27-28-21(17)20)18-8-10-29(11-9-18)23(31)26-14-16-6-4-3-5-7-16;2*1-20(2,3)29-19(28)26-8-6-13(7-9-26)21(4,5)18(27)15-16(23)14(22)10-12-11-24-25-17(12)15;1-21(2,19(27)17-11-15(22)10-13-12-23-25-18(13)17)14-6-8-26(9-7-14)20(28)24-16-4-3-5-16/h3-7,12-14,17,21,30H,8-11H2,1-2H3,(H,26,28)(H,27,31,32);3-7,12-13,15,18,22,30H,8-11,14H2,1-2H3,(H,26,31)(H,27,28);2*10-11,13,18,27H,6-9H2,1-5H3,(H,24,25);10-12,14,16,19,27H,3-9H2,1-2H3,(H,23,25)(H,24,28)/t;;2*18-;/m..10./s1. The van der Waals surface area contributed by atoms with Gasteiger partial charge >= 0.3 is 30.3 Å². The van der Waals surface area contributed by atoms with Crippen LogP contribution in [-0.4, -0.2) is 220 Å². The normalized spacial score (nSPS) is 17.5. The minimum Gasteiger partial charge on any atom is -0.444 e. The van der Waals surface area contributed by atoms with Crippen molar-refractivity contribution in [3.05, 3.63) is 216 Å². The monoisotopic (exact) mass is 2150 g/mol. The van der Waals surface area contributed by atoms with E-state index in [9.17, 15) is 63.1 Å². The molecule has 5 aromatic heterocycles. The Bertz CT molecular complexity index is 6490. The molecular formula is C111H143Cl5F2N18O13. The minimum absolute atomic E-state index is 0.0327. The van der Waals surface area contributed by atoms with Gasteiger partial charge in [-0.15, -0.1) is 0 Å². The molecule has 5 atom stereocenters. The van der Waals surface area contributed by atoms with E-state index in [1.807, 2.05) is 160 Å². The summed E-state index contributed by atoms with van der Waals surface area (Å²) >= 11 is 30.9. The van der Waals surface area contributed by atoms with Gasteiger partial charge in [0, 0.05) is 153 Å². The van der Waals surface area contributed by atoms with Gasteiger partial charge in [0.15, 0.2) is 0 Å². The summed E-state index contributed by atoms with van der Waals surface area (Å²) in [6.07, 6.45) is 14.4. The average Bonchev–Trinajstić information content (AvgIpc) is 1.75. The van der Waals surface area contributed by atoms with Crippen molar-refractivity contribution >= 4 is 149 Å². The summed E-state index contributed by atoms with van der Waals surface area (Å²) < 4.78 is 40.6. The zero-order chi connectivity index (χ0) is 108. The van der Waals surface area contributed by atoms with Crippen LogP contribution in [0.2, 0.25) is 25.1 Å². The first-order chi connectivity index (χ1) is 70.3. The highest BCUT2D eigenvalue weighted by molar-refractivity contribution is 6.33. The molecule has 31 nitrogen and oxygen atoms in total. The molecule has 9 amide bonds. The molecule has 5 aliphatic heterocycles. The predicted octanol–water partition coefficient (Wildman–Crippen LogP) is 23.8. The van der Waals surface area contributed by atoms with Crippen LogP contribution in [-0.2, 0) is 16.0 Å². The van der Waals surface area contributed by atoms with Gasteiger partial charge in [0.1, 0.15) is 22.8 Å². The first-order valence-corrected chi connectivity index (χ1v) is 53.3. The molecule has 10 heterocycles. The van der Waals surface area contributed by atoms with Crippen LogP contribution in [0.3, 0.4) is 0 Å². The van der Waals surface area contributed by atoms with Crippen LogP contribution in [0.1, 0.15) is 269 Å². The molecule has 13 N–H and O–H groups in total. The van der Waals surface area contributed by atoms with Crippen LogP contribution in [0.15, 0.2) is 140 Å². The highest BCUT2D eigenvalue weighted by Crippen LogP contribution is 2.54. The summed E-state index contributed by atoms with van der Waals surface area (Å²) in [5.74, 6) is -0.711. The Morgan fingerprint density at radius 3 is 0.960 bits per heavy atom. The number of carbonyl (C=O) groups excluding carboxylic acids is 6. The minimum atomic E-state index is -1.08. The lowest BCUT2D eigenvalue weighted by Gasteiger charge is -2.43. The molecule has 18 rings (SSSR count). The quantitative estimate of drug-likeness (QED) is 0.0358. The third kappa shape index (κ3) is 26.7. The number of imide groups is 1. The number of rotatable bonds is 19. The second-order valence-electron chi connectivity index (χ2n) is 45.6. The van der Waals surface area contributed by atoms with E-state index in [-0.39, 0.29) is 86.0 Å². The number of H-pyrrole nitrogens is 5. The molecule has 1 saturated carbocycles. The Morgan fingerprint density at radius 1 is 0.369 bits per heavy atom. The molecule has 3 unspecified atom stereocenters. The maximum absolute atomic E-state index is 14.9. The number of aliphatic hydroxyl groups excluding tert-OH is 5. The van der Waals surface area contributed by atoms with Gasteiger partial charge in [-0.05, 0) is 248 Å². The van der Waals surface area contributed by atoms with Crippen LogP contribution in [0.25, 0.3) is 54.5 Å². The van der Waals surface area contributed by atoms with Crippen molar-refractivity contribution in [1.29, 1.82) is 0 Å². The van der Waals surface area contributed by atoms with Gasteiger partial charge in [-0.3, -0.25) is 35.6 Å². The van der Waals surface area contributed by atoms with Gasteiger partial charge in [-0.2, -0.15) is 25.5 Å². The van der Waals surface area contributed by atoms with Crippen LogP contribution < -0.4 is 16.0 Å². The fourth-order valence-electron chi connectivity index (χ4n) is 21.8. The number of fused-ring (bicyclic) bond motifs is 5. The Kier molecular flexibility index (Phi) is 36.2. The lowest BCUT2D eigenvalue weighted by atomic mass is 9.68. The number of ether oxygens (including phenoxy) is 2. The number of halogens is 7. The van der Waals surface area contributed by atoms with Crippen molar-refractivity contribution in [3.8, 4) is 0 Å². The molecule has 0 spiro atoms. The zero-order valence-corrected chi connectivity index (χ0v) is 91.5. The number of carbonyl (C=O) groups is 6. The molecule has 7 aromatic carbocycles. The van der Waals surface area contributed by atoms with E-state index < -0.39 is 75.5 Å². The van der Waals surface area contributed by atoms with Crippen LogP contribution >= 0.6 is 58.0 Å². The van der Waals surface area contributed by atoms with Crippen molar-refractivity contribution in [1.82, 2.24) is 91.4 Å². The van der Waals surface area contributed by atoms with E-state index in [1.165, 1.54) is 18.6 Å². The van der Waals surface area contributed by atoms with E-state index in [0.717, 1.165) is 119 Å². The third-order valence-corrected chi connectivity index (χ3v) is 33.0. The van der Waals surface area contributed by atoms with Crippen molar-refractivity contribution in [3.63, 3.8) is 0 Å². The predicted molar refractivity (Wildman–Crippen MR) is 577 cm³/mol. The summed E-state index contributed by atoms with van der Waals surface area (Å²) in [5.41, 5.74) is 3.93. The fraction of sp³-hybridized carbons (Fsp3) is 0.523. The van der Waals surface area contributed by atoms with E-state index in [4.69, 9.17) is 67.5 Å². The molecular weight excluding hydrogens is 2010 g/mol. The van der Waals surface area contributed by atoms with Crippen molar-refractivity contribution < 1.29 is 72.6 Å². The average molecular weight is 2150 g/mol. The molecule has 149 heavy (non-hydrogen) atoms. The Labute approximate surface area is 893 Å². The van der Waals surface area contributed by atoms with E-state index in [2.05, 4.69) is 94.6 Å². The van der Waals surface area contributed by atoms with Gasteiger partial charge in [0.25, 0.3) is 5.91 Å². The van der Waals surface area contributed by atoms with Crippen LogP contribution in [0.4, 0.5) is 32.8 Å².